The van der Waals surface area contributed by atoms with Crippen molar-refractivity contribution >= 4 is 21.8 Å². The first kappa shape index (κ1) is 21.8. The monoisotopic (exact) mass is 421 g/mol. The van der Waals surface area contributed by atoms with Gasteiger partial charge < -0.3 is 9.80 Å². The second kappa shape index (κ2) is 9.26. The molecule has 0 unspecified atom stereocenters. The third-order valence-corrected chi connectivity index (χ3v) is 7.76. The van der Waals surface area contributed by atoms with Crippen LogP contribution < -0.4 is 0 Å². The first-order chi connectivity index (χ1) is 13.8. The number of piperidine rings is 1. The first-order valence-electron chi connectivity index (χ1n) is 10.4. The molecule has 0 N–H and O–H groups in total. The zero-order valence-electron chi connectivity index (χ0n) is 17.3. The van der Waals surface area contributed by atoms with Gasteiger partial charge >= 0.3 is 0 Å². The van der Waals surface area contributed by atoms with E-state index in [0.29, 0.717) is 31.5 Å². The summed E-state index contributed by atoms with van der Waals surface area (Å²) >= 11 is 0. The van der Waals surface area contributed by atoms with Gasteiger partial charge in [-0.05, 0) is 49.9 Å². The molecule has 3 rings (SSSR count). The highest BCUT2D eigenvalue weighted by Crippen LogP contribution is 2.23. The average molecular weight is 422 g/mol. The molecule has 2 fully saturated rings. The van der Waals surface area contributed by atoms with Gasteiger partial charge in [-0.15, -0.1) is 0 Å². The maximum absolute atomic E-state index is 12.8. The summed E-state index contributed by atoms with van der Waals surface area (Å²) in [5, 5.41) is 0. The van der Waals surface area contributed by atoms with Crippen molar-refractivity contribution < 1.29 is 18.0 Å². The zero-order chi connectivity index (χ0) is 21.0. The van der Waals surface area contributed by atoms with Crippen LogP contribution in [-0.2, 0) is 14.8 Å². The van der Waals surface area contributed by atoms with Crippen LogP contribution >= 0.6 is 0 Å². The van der Waals surface area contributed by atoms with Gasteiger partial charge in [0.25, 0.3) is 5.91 Å². The van der Waals surface area contributed by atoms with Crippen LogP contribution in [0.3, 0.4) is 0 Å². The summed E-state index contributed by atoms with van der Waals surface area (Å²) in [6.07, 6.45) is 5.95. The van der Waals surface area contributed by atoms with Crippen molar-refractivity contribution in [2.45, 2.75) is 43.4 Å². The van der Waals surface area contributed by atoms with Crippen LogP contribution in [0.15, 0.2) is 29.2 Å². The summed E-state index contributed by atoms with van der Waals surface area (Å²) in [5.74, 6) is 0.140. The largest absolute Gasteiger partial charge is 0.342 e. The molecule has 160 valence electrons. The summed E-state index contributed by atoms with van der Waals surface area (Å²) in [4.78, 5) is 29.5. The number of rotatable bonds is 4. The molecule has 29 heavy (non-hydrogen) atoms. The maximum atomic E-state index is 12.8. The summed E-state index contributed by atoms with van der Waals surface area (Å²) in [5.41, 5.74) is 0.472. The number of hydrogen-bond acceptors (Lipinski definition) is 4. The first-order valence-corrected chi connectivity index (χ1v) is 11.9. The number of hydrogen-bond donors (Lipinski definition) is 0. The molecule has 0 atom stereocenters. The minimum absolute atomic E-state index is 0.00441. The summed E-state index contributed by atoms with van der Waals surface area (Å²) in [7, 11) is -0.553. The van der Waals surface area contributed by atoms with E-state index in [0.717, 1.165) is 30.2 Å². The van der Waals surface area contributed by atoms with Crippen molar-refractivity contribution in [2.75, 3.05) is 40.3 Å². The summed E-state index contributed by atoms with van der Waals surface area (Å²) in [6.45, 7) is 2.84. The Morgan fingerprint density at radius 3 is 1.93 bits per heavy atom. The fourth-order valence-corrected chi connectivity index (χ4v) is 4.94. The summed E-state index contributed by atoms with van der Waals surface area (Å²) in [6, 6.07) is 6.07. The highest BCUT2D eigenvalue weighted by molar-refractivity contribution is 7.89. The fraction of sp³-hybridized carbons (Fsp3) is 0.619. The van der Waals surface area contributed by atoms with Gasteiger partial charge in [-0.25, -0.2) is 12.7 Å². The Bertz CT molecular complexity index is 820. The van der Waals surface area contributed by atoms with Crippen molar-refractivity contribution in [3.63, 3.8) is 0 Å². The van der Waals surface area contributed by atoms with Crippen LogP contribution in [0.2, 0.25) is 0 Å². The van der Waals surface area contributed by atoms with Crippen LogP contribution in [-0.4, -0.2) is 74.6 Å². The molecule has 8 heteroatoms. The Kier molecular flexibility index (Phi) is 6.95. The predicted octanol–water partition coefficient (Wildman–Crippen LogP) is 2.19. The topological polar surface area (TPSA) is 78.0 Å². The Labute approximate surface area is 173 Å². The number of sulfonamides is 1. The molecule has 1 aromatic rings. The molecule has 0 radical (unpaired) electrons. The molecule has 0 aliphatic carbocycles. The van der Waals surface area contributed by atoms with Gasteiger partial charge in [-0.1, -0.05) is 12.8 Å². The highest BCUT2D eigenvalue weighted by atomic mass is 32.2. The van der Waals surface area contributed by atoms with Crippen LogP contribution in [0.25, 0.3) is 0 Å². The Balaban J connectivity index is 1.58. The van der Waals surface area contributed by atoms with E-state index in [1.54, 1.807) is 17.0 Å². The van der Waals surface area contributed by atoms with E-state index in [9.17, 15) is 18.0 Å². The molecule has 2 aliphatic heterocycles. The van der Waals surface area contributed by atoms with Crippen LogP contribution in [0.5, 0.6) is 0 Å². The molecule has 1 aromatic carbocycles. The second-order valence-corrected chi connectivity index (χ2v) is 10.3. The number of nitrogens with zero attached hydrogens (tertiary/aromatic N) is 3. The van der Waals surface area contributed by atoms with Crippen molar-refractivity contribution in [1.29, 1.82) is 0 Å². The van der Waals surface area contributed by atoms with E-state index < -0.39 is 10.0 Å². The predicted molar refractivity (Wildman–Crippen MR) is 111 cm³/mol. The summed E-state index contributed by atoms with van der Waals surface area (Å²) < 4.78 is 25.5. The van der Waals surface area contributed by atoms with Gasteiger partial charge in [0.15, 0.2) is 0 Å². The smallest absolute Gasteiger partial charge is 0.253 e. The van der Waals surface area contributed by atoms with Crippen molar-refractivity contribution in [2.24, 2.45) is 5.92 Å². The molecule has 0 spiro atoms. The lowest BCUT2D eigenvalue weighted by Gasteiger charge is -2.34. The number of amides is 2. The van der Waals surface area contributed by atoms with E-state index >= 15 is 0 Å². The number of carbonyl (C=O) groups is 2. The van der Waals surface area contributed by atoms with Crippen molar-refractivity contribution in [3.8, 4) is 0 Å². The lowest BCUT2D eigenvalue weighted by Crippen LogP contribution is -2.44. The zero-order valence-corrected chi connectivity index (χ0v) is 18.2. The van der Waals surface area contributed by atoms with Crippen molar-refractivity contribution in [1.82, 2.24) is 14.1 Å². The maximum Gasteiger partial charge on any atom is 0.253 e. The lowest BCUT2D eigenvalue weighted by molar-refractivity contribution is -0.136. The van der Waals surface area contributed by atoms with Gasteiger partial charge in [0.1, 0.15) is 0 Å². The molecule has 2 amide bonds. The average Bonchev–Trinajstić information content (AvgIpc) is 3.02. The highest BCUT2D eigenvalue weighted by Gasteiger charge is 2.31. The molecule has 0 saturated carbocycles. The minimum atomic E-state index is -3.51. The number of carbonyl (C=O) groups excluding carboxylic acids is 2. The number of benzene rings is 1. The standard InChI is InChI=1S/C21H31N3O4S/c1-22(2)29(27,28)19-9-7-17(8-10-19)20(25)24-15-11-18(12-16-24)21(26)23-13-5-3-4-6-14-23/h7-10,18H,3-6,11-16H2,1-2H3. The van der Waals surface area contributed by atoms with Gasteiger partial charge in [0.05, 0.1) is 4.90 Å². The molecule has 0 aromatic heterocycles. The van der Waals surface area contributed by atoms with Gasteiger partial charge in [0, 0.05) is 51.8 Å². The molecular weight excluding hydrogens is 390 g/mol. The minimum Gasteiger partial charge on any atom is -0.342 e. The molecule has 2 aliphatic rings. The van der Waals surface area contributed by atoms with E-state index in [-0.39, 0.29) is 22.6 Å². The van der Waals surface area contributed by atoms with E-state index in [4.69, 9.17) is 0 Å². The third kappa shape index (κ3) is 4.98. The molecule has 2 heterocycles. The van der Waals surface area contributed by atoms with Crippen molar-refractivity contribution in [3.05, 3.63) is 29.8 Å². The van der Waals surface area contributed by atoms with Gasteiger partial charge in [0.2, 0.25) is 15.9 Å². The van der Waals surface area contributed by atoms with Gasteiger partial charge in [-0.2, -0.15) is 0 Å². The molecule has 2 saturated heterocycles. The van der Waals surface area contributed by atoms with Crippen LogP contribution in [0.4, 0.5) is 0 Å². The number of likely N-dealkylation sites (tertiary alicyclic amines) is 2. The fourth-order valence-electron chi connectivity index (χ4n) is 4.04. The Hall–Kier alpha value is -1.93. The molecule has 0 bridgehead atoms. The van der Waals surface area contributed by atoms with E-state index in [1.165, 1.54) is 39.1 Å². The SMILES string of the molecule is CN(C)S(=O)(=O)c1ccc(C(=O)N2CCC(C(=O)N3CCCCCC3)CC2)cc1. The quantitative estimate of drug-likeness (QED) is 0.747. The second-order valence-electron chi connectivity index (χ2n) is 8.12. The Morgan fingerprint density at radius 2 is 1.41 bits per heavy atom. The molecular formula is C21H31N3O4S. The van der Waals surface area contributed by atoms with Crippen LogP contribution in [0, 0.1) is 5.92 Å². The van der Waals surface area contributed by atoms with Gasteiger partial charge in [-0.3, -0.25) is 9.59 Å². The van der Waals surface area contributed by atoms with E-state index in [2.05, 4.69) is 0 Å². The third-order valence-electron chi connectivity index (χ3n) is 5.93. The lowest BCUT2D eigenvalue weighted by atomic mass is 9.94. The normalized spacial score (nSPS) is 19.3. The van der Waals surface area contributed by atoms with E-state index in [1.807, 2.05) is 4.90 Å². The van der Waals surface area contributed by atoms with Crippen LogP contribution in [0.1, 0.15) is 48.9 Å². The Morgan fingerprint density at radius 1 is 0.862 bits per heavy atom. The molecule has 7 nitrogen and oxygen atoms in total.